The van der Waals surface area contributed by atoms with Crippen LogP contribution in [0.25, 0.3) is 0 Å². The second-order valence-electron chi connectivity index (χ2n) is 6.62. The van der Waals surface area contributed by atoms with Gasteiger partial charge in [0, 0.05) is 19.2 Å². The molecular formula is C18H17F2N7O2. The summed E-state index contributed by atoms with van der Waals surface area (Å²) >= 11 is 0. The van der Waals surface area contributed by atoms with Crippen LogP contribution in [-0.2, 0) is 17.9 Å². The molecule has 0 aliphatic carbocycles. The molecule has 1 aromatic carbocycles. The number of carbonyl (C=O) groups excluding carboxylic acids is 2. The Balaban J connectivity index is 1.46. The highest BCUT2D eigenvalue weighted by atomic mass is 19.1. The molecule has 11 heteroatoms. The molecule has 0 bridgehead atoms. The number of benzene rings is 1. The molecule has 150 valence electrons. The van der Waals surface area contributed by atoms with E-state index in [9.17, 15) is 18.4 Å². The highest BCUT2D eigenvalue weighted by Crippen LogP contribution is 2.19. The van der Waals surface area contributed by atoms with Crippen molar-refractivity contribution in [3.8, 4) is 0 Å². The first-order valence-corrected chi connectivity index (χ1v) is 8.85. The Morgan fingerprint density at radius 1 is 1.28 bits per heavy atom. The first kappa shape index (κ1) is 18.7. The van der Waals surface area contributed by atoms with Crippen LogP contribution in [0.5, 0.6) is 0 Å². The molecule has 1 atom stereocenters. The summed E-state index contributed by atoms with van der Waals surface area (Å²) in [5, 5.41) is 6.60. The number of nitrogens with zero attached hydrogens (tertiary/aromatic N) is 6. The van der Waals surface area contributed by atoms with E-state index in [0.29, 0.717) is 18.8 Å². The van der Waals surface area contributed by atoms with E-state index in [2.05, 4.69) is 20.4 Å². The molecule has 1 aliphatic rings. The molecule has 2 aromatic heterocycles. The summed E-state index contributed by atoms with van der Waals surface area (Å²) in [6.45, 7) is 0.289. The van der Waals surface area contributed by atoms with Crippen LogP contribution in [0.3, 0.4) is 0 Å². The van der Waals surface area contributed by atoms with Gasteiger partial charge in [-0.2, -0.15) is 0 Å². The van der Waals surface area contributed by atoms with E-state index >= 15 is 0 Å². The van der Waals surface area contributed by atoms with Gasteiger partial charge in [0.05, 0.1) is 19.1 Å². The summed E-state index contributed by atoms with van der Waals surface area (Å²) in [5.74, 6) is -1.91. The molecule has 1 N–H and O–H groups in total. The van der Waals surface area contributed by atoms with Gasteiger partial charge in [0.25, 0.3) is 11.8 Å². The number of aromatic nitrogens is 5. The molecule has 0 saturated carbocycles. The summed E-state index contributed by atoms with van der Waals surface area (Å²) < 4.78 is 30.6. The number of carbonyl (C=O) groups is 2. The van der Waals surface area contributed by atoms with E-state index in [1.807, 2.05) is 4.57 Å². The minimum atomic E-state index is -0.761. The summed E-state index contributed by atoms with van der Waals surface area (Å²) in [6.07, 6.45) is 4.78. The van der Waals surface area contributed by atoms with Crippen molar-refractivity contribution >= 4 is 17.6 Å². The number of halogens is 2. The van der Waals surface area contributed by atoms with Gasteiger partial charge in [-0.3, -0.25) is 14.5 Å². The maximum atomic E-state index is 13.8. The number of rotatable bonds is 4. The summed E-state index contributed by atoms with van der Waals surface area (Å²) in [6, 6.07) is 2.79. The summed E-state index contributed by atoms with van der Waals surface area (Å²) in [5.41, 5.74) is -0.180. The lowest BCUT2D eigenvalue weighted by atomic mass is 10.2. The third kappa shape index (κ3) is 3.58. The maximum absolute atomic E-state index is 13.8. The predicted octanol–water partition coefficient (Wildman–Crippen LogP) is 0.966. The standard InChI is InChI=1S/C18H17F2N7O2/c1-25-15-7-21-9-26(15)6-5-14(18(25)29)23-17(28)16-22-10-27(24-16)8-11-12(19)3-2-4-13(11)20/h2-4,7,9-10,14H,5-6,8H2,1H3,(H,23,28)/t14-/m1/s1. The number of amides is 2. The Kier molecular flexibility index (Phi) is 4.79. The van der Waals surface area contributed by atoms with Crippen molar-refractivity contribution in [1.29, 1.82) is 0 Å². The number of hydrogen-bond donors (Lipinski definition) is 1. The molecule has 4 rings (SSSR count). The van der Waals surface area contributed by atoms with Gasteiger partial charge in [-0.15, -0.1) is 5.10 Å². The van der Waals surface area contributed by atoms with Crippen LogP contribution in [0.4, 0.5) is 14.6 Å². The van der Waals surface area contributed by atoms with Gasteiger partial charge in [-0.25, -0.2) is 23.4 Å². The van der Waals surface area contributed by atoms with Crippen LogP contribution in [-0.4, -0.2) is 49.2 Å². The van der Waals surface area contributed by atoms with E-state index < -0.39 is 23.6 Å². The molecule has 29 heavy (non-hydrogen) atoms. The van der Waals surface area contributed by atoms with Crippen molar-refractivity contribution in [2.45, 2.75) is 25.6 Å². The molecule has 3 aromatic rings. The fraction of sp³-hybridized carbons (Fsp3) is 0.278. The Labute approximate surface area is 164 Å². The third-order valence-corrected chi connectivity index (χ3v) is 4.75. The van der Waals surface area contributed by atoms with Crippen LogP contribution in [0.15, 0.2) is 37.1 Å². The molecule has 0 unspecified atom stereocenters. The SMILES string of the molecule is CN1C(=O)[C@H](NC(=O)c2ncn(Cc3c(F)cccc3F)n2)CCn2cncc21. The van der Waals surface area contributed by atoms with Crippen molar-refractivity contribution in [1.82, 2.24) is 29.6 Å². The minimum Gasteiger partial charge on any atom is -0.337 e. The predicted molar refractivity (Wildman–Crippen MR) is 97.0 cm³/mol. The van der Waals surface area contributed by atoms with Crippen LogP contribution in [0, 0.1) is 11.6 Å². The molecule has 0 spiro atoms. The molecule has 1 aliphatic heterocycles. The second-order valence-corrected chi connectivity index (χ2v) is 6.62. The lowest BCUT2D eigenvalue weighted by Crippen LogP contribution is -2.47. The van der Waals surface area contributed by atoms with Crippen molar-refractivity contribution in [2.24, 2.45) is 0 Å². The van der Waals surface area contributed by atoms with E-state index in [0.717, 1.165) is 16.8 Å². The Morgan fingerprint density at radius 3 is 2.79 bits per heavy atom. The topological polar surface area (TPSA) is 97.9 Å². The number of likely N-dealkylation sites (N-methyl/N-ethyl adjacent to an activating group) is 1. The molecular weight excluding hydrogens is 384 g/mol. The van der Waals surface area contributed by atoms with Gasteiger partial charge in [0.15, 0.2) is 0 Å². The number of aryl methyl sites for hydroxylation is 1. The monoisotopic (exact) mass is 401 g/mol. The first-order chi connectivity index (χ1) is 13.9. The average Bonchev–Trinajstić information content (AvgIpc) is 3.34. The molecule has 0 fully saturated rings. The van der Waals surface area contributed by atoms with Crippen LogP contribution in [0.2, 0.25) is 0 Å². The fourth-order valence-electron chi connectivity index (χ4n) is 3.18. The smallest absolute Gasteiger partial charge is 0.291 e. The van der Waals surface area contributed by atoms with Gasteiger partial charge in [-0.1, -0.05) is 6.07 Å². The van der Waals surface area contributed by atoms with Crippen molar-refractivity contribution in [3.05, 3.63) is 60.1 Å². The fourth-order valence-corrected chi connectivity index (χ4v) is 3.18. The zero-order valence-corrected chi connectivity index (χ0v) is 15.4. The quantitative estimate of drug-likeness (QED) is 0.703. The lowest BCUT2D eigenvalue weighted by Gasteiger charge is -2.19. The van der Waals surface area contributed by atoms with Crippen molar-refractivity contribution < 1.29 is 18.4 Å². The molecule has 2 amide bonds. The minimum absolute atomic E-state index is 0.180. The Hall–Kier alpha value is -3.63. The van der Waals surface area contributed by atoms with E-state index in [1.165, 1.54) is 17.3 Å². The maximum Gasteiger partial charge on any atom is 0.291 e. The largest absolute Gasteiger partial charge is 0.337 e. The third-order valence-electron chi connectivity index (χ3n) is 4.75. The average molecular weight is 401 g/mol. The van der Waals surface area contributed by atoms with Crippen molar-refractivity contribution in [3.63, 3.8) is 0 Å². The molecule has 3 heterocycles. The van der Waals surface area contributed by atoms with E-state index in [-0.39, 0.29) is 23.8 Å². The zero-order chi connectivity index (χ0) is 20.5. The molecule has 0 saturated heterocycles. The van der Waals surface area contributed by atoms with Crippen LogP contribution in [0.1, 0.15) is 22.6 Å². The van der Waals surface area contributed by atoms with E-state index in [4.69, 9.17) is 0 Å². The number of anilines is 1. The lowest BCUT2D eigenvalue weighted by molar-refractivity contribution is -0.120. The summed E-state index contributed by atoms with van der Waals surface area (Å²) in [4.78, 5) is 34.5. The van der Waals surface area contributed by atoms with Crippen LogP contribution < -0.4 is 10.2 Å². The highest BCUT2D eigenvalue weighted by molar-refractivity contribution is 6.00. The normalized spacial score (nSPS) is 16.4. The first-order valence-electron chi connectivity index (χ1n) is 8.85. The number of imidazole rings is 1. The molecule has 9 nitrogen and oxygen atoms in total. The van der Waals surface area contributed by atoms with Gasteiger partial charge in [0.2, 0.25) is 5.82 Å². The summed E-state index contributed by atoms with van der Waals surface area (Å²) in [7, 11) is 1.61. The number of hydrogen-bond acceptors (Lipinski definition) is 5. The highest BCUT2D eigenvalue weighted by Gasteiger charge is 2.30. The van der Waals surface area contributed by atoms with Gasteiger partial charge >= 0.3 is 0 Å². The second kappa shape index (κ2) is 7.41. The van der Waals surface area contributed by atoms with Crippen molar-refractivity contribution in [2.75, 3.05) is 11.9 Å². The van der Waals surface area contributed by atoms with Crippen LogP contribution >= 0.6 is 0 Å². The van der Waals surface area contributed by atoms with Gasteiger partial charge in [0.1, 0.15) is 29.8 Å². The molecule has 0 radical (unpaired) electrons. The number of fused-ring (bicyclic) bond motifs is 1. The Bertz CT molecular complexity index is 1060. The number of nitrogens with one attached hydrogen (secondary N) is 1. The van der Waals surface area contributed by atoms with Gasteiger partial charge < -0.3 is 9.88 Å². The Morgan fingerprint density at radius 2 is 2.03 bits per heavy atom. The zero-order valence-electron chi connectivity index (χ0n) is 15.4. The van der Waals surface area contributed by atoms with Gasteiger partial charge in [-0.05, 0) is 18.6 Å². The van der Waals surface area contributed by atoms with E-state index in [1.54, 1.807) is 19.6 Å².